The minimum atomic E-state index is -0.156. The molecule has 1 amide bonds. The van der Waals surface area contributed by atoms with Crippen molar-refractivity contribution in [2.75, 3.05) is 13.1 Å². The van der Waals surface area contributed by atoms with Crippen LogP contribution in [0.2, 0.25) is 0 Å². The van der Waals surface area contributed by atoms with Gasteiger partial charge in [0.2, 0.25) is 0 Å². The molecular formula is C11H19NO. The van der Waals surface area contributed by atoms with E-state index in [2.05, 4.69) is 12.8 Å². The Morgan fingerprint density at radius 1 is 1.54 bits per heavy atom. The Labute approximate surface area is 81.3 Å². The zero-order valence-corrected chi connectivity index (χ0v) is 8.84. The Hall–Kier alpha value is -0.970. The molecule has 2 heteroatoms. The van der Waals surface area contributed by atoms with Crippen LogP contribution in [0.4, 0.5) is 0 Å². The van der Waals surface area contributed by atoms with Crippen LogP contribution in [0.5, 0.6) is 0 Å². The first-order valence-electron chi connectivity index (χ1n) is 4.99. The van der Waals surface area contributed by atoms with Crippen molar-refractivity contribution in [3.05, 3.63) is 0 Å². The quantitative estimate of drug-likeness (QED) is 0.523. The lowest BCUT2D eigenvalue weighted by Crippen LogP contribution is -2.38. The number of likely N-dealkylation sites (tertiary alicyclic amines) is 1. The second-order valence-corrected chi connectivity index (χ2v) is 3.14. The summed E-state index contributed by atoms with van der Waals surface area (Å²) in [5.74, 6) is 2.60. The maximum atomic E-state index is 11.0. The molecule has 1 unspecified atom stereocenters. The normalized spacial score (nSPS) is 21.1. The molecule has 0 bridgehead atoms. The van der Waals surface area contributed by atoms with Gasteiger partial charge in [0.05, 0.1) is 0 Å². The summed E-state index contributed by atoms with van der Waals surface area (Å²) in [6.45, 7) is 7.83. The lowest BCUT2D eigenvalue weighted by atomic mass is 10.0. The summed E-state index contributed by atoms with van der Waals surface area (Å²) in [5, 5.41) is 0. The number of piperidine rings is 1. The first-order chi connectivity index (χ1) is 6.24. The summed E-state index contributed by atoms with van der Waals surface area (Å²) < 4.78 is 0. The van der Waals surface area contributed by atoms with Gasteiger partial charge in [0.25, 0.3) is 5.91 Å². The third-order valence-electron chi connectivity index (χ3n) is 2.07. The van der Waals surface area contributed by atoms with Crippen LogP contribution in [0.1, 0.15) is 33.6 Å². The van der Waals surface area contributed by atoms with Gasteiger partial charge in [-0.25, -0.2) is 0 Å². The van der Waals surface area contributed by atoms with E-state index in [9.17, 15) is 4.79 Å². The number of hydrogen-bond acceptors (Lipinski definition) is 1. The van der Waals surface area contributed by atoms with Crippen LogP contribution in [0.3, 0.4) is 0 Å². The summed E-state index contributed by atoms with van der Waals surface area (Å²) in [7, 11) is 0. The summed E-state index contributed by atoms with van der Waals surface area (Å²) in [5.41, 5.74) is 0. The minimum absolute atomic E-state index is 0.156. The summed E-state index contributed by atoms with van der Waals surface area (Å²) >= 11 is 0. The zero-order chi connectivity index (χ0) is 10.3. The molecule has 0 saturated carbocycles. The SMILES string of the molecule is C#CC(=O)N1CCCC(C)C1.CC. The molecule has 0 aliphatic carbocycles. The van der Waals surface area contributed by atoms with E-state index >= 15 is 0 Å². The van der Waals surface area contributed by atoms with Gasteiger partial charge >= 0.3 is 0 Å². The molecule has 13 heavy (non-hydrogen) atoms. The predicted molar refractivity (Wildman–Crippen MR) is 55.2 cm³/mol. The smallest absolute Gasteiger partial charge is 0.298 e. The first kappa shape index (κ1) is 12.0. The average molecular weight is 181 g/mol. The number of hydrogen-bond donors (Lipinski definition) is 0. The largest absolute Gasteiger partial charge is 0.332 e. The molecule has 0 N–H and O–H groups in total. The van der Waals surface area contributed by atoms with Gasteiger partial charge in [-0.3, -0.25) is 4.79 Å². The fraction of sp³-hybridized carbons (Fsp3) is 0.727. The molecule has 1 atom stereocenters. The number of carbonyl (C=O) groups is 1. The monoisotopic (exact) mass is 181 g/mol. The van der Waals surface area contributed by atoms with E-state index < -0.39 is 0 Å². The van der Waals surface area contributed by atoms with E-state index in [1.165, 1.54) is 6.42 Å². The van der Waals surface area contributed by atoms with Gasteiger partial charge in [0.15, 0.2) is 0 Å². The first-order valence-corrected chi connectivity index (χ1v) is 4.99. The molecular weight excluding hydrogens is 162 g/mol. The molecule has 0 aromatic carbocycles. The van der Waals surface area contributed by atoms with Crippen molar-refractivity contribution in [1.29, 1.82) is 0 Å². The molecule has 74 valence electrons. The third kappa shape index (κ3) is 3.98. The van der Waals surface area contributed by atoms with Crippen LogP contribution in [0.15, 0.2) is 0 Å². The van der Waals surface area contributed by atoms with Gasteiger partial charge in [-0.15, -0.1) is 6.42 Å². The predicted octanol–water partition coefficient (Wildman–Crippen LogP) is 1.90. The van der Waals surface area contributed by atoms with Crippen LogP contribution < -0.4 is 0 Å². The molecule has 0 spiro atoms. The number of terminal acetylenes is 1. The van der Waals surface area contributed by atoms with E-state index in [0.29, 0.717) is 5.92 Å². The Morgan fingerprint density at radius 3 is 2.62 bits per heavy atom. The van der Waals surface area contributed by atoms with Crippen molar-refractivity contribution in [1.82, 2.24) is 4.90 Å². The molecule has 1 fully saturated rings. The van der Waals surface area contributed by atoms with E-state index in [1.54, 1.807) is 4.90 Å². The highest BCUT2D eigenvalue weighted by Crippen LogP contribution is 2.14. The molecule has 1 aliphatic rings. The van der Waals surface area contributed by atoms with E-state index in [-0.39, 0.29) is 5.91 Å². The van der Waals surface area contributed by atoms with Crippen molar-refractivity contribution >= 4 is 5.91 Å². The Bertz CT molecular complexity index is 193. The minimum Gasteiger partial charge on any atom is -0.332 e. The maximum Gasteiger partial charge on any atom is 0.298 e. The molecule has 1 saturated heterocycles. The summed E-state index contributed by atoms with van der Waals surface area (Å²) in [4.78, 5) is 12.8. The highest BCUT2D eigenvalue weighted by molar-refractivity contribution is 5.92. The van der Waals surface area contributed by atoms with Crippen LogP contribution in [0, 0.1) is 18.3 Å². The van der Waals surface area contributed by atoms with Gasteiger partial charge in [-0.05, 0) is 24.7 Å². The Kier molecular flexibility index (Phi) is 6.05. The van der Waals surface area contributed by atoms with Crippen molar-refractivity contribution in [3.63, 3.8) is 0 Å². The molecule has 1 rings (SSSR count). The van der Waals surface area contributed by atoms with Crippen LogP contribution >= 0.6 is 0 Å². The second kappa shape index (κ2) is 6.54. The second-order valence-electron chi connectivity index (χ2n) is 3.14. The van der Waals surface area contributed by atoms with Crippen LogP contribution in [-0.4, -0.2) is 23.9 Å². The lowest BCUT2D eigenvalue weighted by molar-refractivity contribution is -0.126. The highest BCUT2D eigenvalue weighted by Gasteiger charge is 2.18. The van der Waals surface area contributed by atoms with Crippen LogP contribution in [0.25, 0.3) is 0 Å². The zero-order valence-electron chi connectivity index (χ0n) is 8.84. The fourth-order valence-electron chi connectivity index (χ4n) is 1.47. The molecule has 0 aromatic rings. The van der Waals surface area contributed by atoms with Gasteiger partial charge in [0.1, 0.15) is 0 Å². The Balaban J connectivity index is 0.000000671. The lowest BCUT2D eigenvalue weighted by Gasteiger charge is -2.29. The van der Waals surface area contributed by atoms with Crippen LogP contribution in [-0.2, 0) is 4.79 Å². The van der Waals surface area contributed by atoms with Crippen molar-refractivity contribution in [2.24, 2.45) is 5.92 Å². The number of carbonyl (C=O) groups excluding carboxylic acids is 1. The molecule has 1 heterocycles. The molecule has 2 nitrogen and oxygen atoms in total. The molecule has 1 aliphatic heterocycles. The molecule has 0 aromatic heterocycles. The average Bonchev–Trinajstić information content (AvgIpc) is 2.20. The number of nitrogens with zero attached hydrogens (tertiary/aromatic N) is 1. The number of rotatable bonds is 0. The highest BCUT2D eigenvalue weighted by atomic mass is 16.2. The topological polar surface area (TPSA) is 20.3 Å². The standard InChI is InChI=1S/C9H13NO.C2H6/c1-3-9(11)10-6-4-5-8(2)7-10;1-2/h1,8H,4-7H2,2H3;1-2H3. The maximum absolute atomic E-state index is 11.0. The van der Waals surface area contributed by atoms with Crippen molar-refractivity contribution < 1.29 is 4.79 Å². The van der Waals surface area contributed by atoms with E-state index in [1.807, 2.05) is 13.8 Å². The van der Waals surface area contributed by atoms with Crippen molar-refractivity contribution in [2.45, 2.75) is 33.6 Å². The fourth-order valence-corrected chi connectivity index (χ4v) is 1.47. The summed E-state index contributed by atoms with van der Waals surface area (Å²) in [6.07, 6.45) is 7.32. The van der Waals surface area contributed by atoms with Gasteiger partial charge in [-0.1, -0.05) is 20.8 Å². The van der Waals surface area contributed by atoms with Gasteiger partial charge in [-0.2, -0.15) is 0 Å². The van der Waals surface area contributed by atoms with E-state index in [0.717, 1.165) is 19.5 Å². The Morgan fingerprint density at radius 2 is 2.15 bits per heavy atom. The van der Waals surface area contributed by atoms with Crippen molar-refractivity contribution in [3.8, 4) is 12.3 Å². The third-order valence-corrected chi connectivity index (χ3v) is 2.07. The molecule has 0 radical (unpaired) electrons. The van der Waals surface area contributed by atoms with E-state index in [4.69, 9.17) is 6.42 Å². The van der Waals surface area contributed by atoms with Gasteiger partial charge < -0.3 is 4.90 Å². The summed E-state index contributed by atoms with van der Waals surface area (Å²) in [6, 6.07) is 0. The van der Waals surface area contributed by atoms with Gasteiger partial charge in [0, 0.05) is 13.1 Å². The number of amides is 1.